The van der Waals surface area contributed by atoms with Gasteiger partial charge >= 0.3 is 0 Å². The second-order valence-electron chi connectivity index (χ2n) is 5.74. The lowest BCUT2D eigenvalue weighted by molar-refractivity contribution is -0.129. The summed E-state index contributed by atoms with van der Waals surface area (Å²) >= 11 is 0. The van der Waals surface area contributed by atoms with Crippen LogP contribution < -0.4 is 21.3 Å². The number of aliphatic imine (C=N–C) groups is 1. The van der Waals surface area contributed by atoms with Gasteiger partial charge in [0.2, 0.25) is 29.7 Å². The smallest absolute Gasteiger partial charge is 0.246 e. The molecule has 10 heteroatoms. The molecule has 10 nitrogen and oxygen atoms in total. The highest BCUT2D eigenvalue weighted by Gasteiger charge is 2.20. The molecular formula is C18H33N5O5. The molecule has 0 aliphatic rings. The number of nitrogens with one attached hydrogen (secondary N) is 4. The van der Waals surface area contributed by atoms with Gasteiger partial charge in [0.05, 0.1) is 6.42 Å². The van der Waals surface area contributed by atoms with Crippen LogP contribution in [0.5, 0.6) is 0 Å². The summed E-state index contributed by atoms with van der Waals surface area (Å²) in [5.74, 6) is -1.12. The molecule has 0 fully saturated rings. The summed E-state index contributed by atoms with van der Waals surface area (Å²) < 4.78 is 0. The Morgan fingerprint density at radius 3 is 1.61 bits per heavy atom. The Bertz CT molecular complexity index is 546. The molecule has 0 aliphatic carbocycles. The van der Waals surface area contributed by atoms with Crippen molar-refractivity contribution in [2.45, 2.75) is 53.5 Å². The van der Waals surface area contributed by atoms with Crippen molar-refractivity contribution in [1.82, 2.24) is 21.3 Å². The van der Waals surface area contributed by atoms with Crippen LogP contribution in [0.15, 0.2) is 4.99 Å². The highest BCUT2D eigenvalue weighted by atomic mass is 16.2. The summed E-state index contributed by atoms with van der Waals surface area (Å²) in [7, 11) is 0. The fraction of sp³-hybridized carbons (Fsp3) is 0.722. The van der Waals surface area contributed by atoms with Crippen LogP contribution in [0.3, 0.4) is 0 Å². The van der Waals surface area contributed by atoms with Crippen LogP contribution in [0.2, 0.25) is 0 Å². The van der Waals surface area contributed by atoms with Crippen LogP contribution in [0.4, 0.5) is 0 Å². The number of carbonyl (C=O) groups excluding carboxylic acids is 5. The van der Waals surface area contributed by atoms with E-state index in [0.29, 0.717) is 26.2 Å². The summed E-state index contributed by atoms with van der Waals surface area (Å²) in [5.41, 5.74) is 0. The van der Waals surface area contributed by atoms with Crippen molar-refractivity contribution in [3.63, 3.8) is 0 Å². The number of isocyanates is 1. The molecule has 0 bridgehead atoms. The van der Waals surface area contributed by atoms with Gasteiger partial charge in [-0.3, -0.25) is 19.2 Å². The average molecular weight is 399 g/mol. The molecule has 2 atom stereocenters. The molecule has 0 rings (SSSR count). The maximum Gasteiger partial charge on any atom is 0.246 e. The van der Waals surface area contributed by atoms with E-state index in [4.69, 9.17) is 0 Å². The van der Waals surface area contributed by atoms with E-state index in [1.807, 2.05) is 13.8 Å². The summed E-state index contributed by atoms with van der Waals surface area (Å²) in [4.78, 5) is 58.1. The van der Waals surface area contributed by atoms with Gasteiger partial charge < -0.3 is 21.3 Å². The Hall–Kier alpha value is -2.74. The molecule has 4 N–H and O–H groups in total. The van der Waals surface area contributed by atoms with Crippen molar-refractivity contribution in [3.8, 4) is 0 Å². The fourth-order valence-corrected chi connectivity index (χ4v) is 1.99. The molecule has 0 radical (unpaired) electrons. The Morgan fingerprint density at radius 1 is 0.750 bits per heavy atom. The lowest BCUT2D eigenvalue weighted by atomic mass is 10.1. The fourth-order valence-electron chi connectivity index (χ4n) is 1.99. The van der Waals surface area contributed by atoms with Crippen LogP contribution in [0.1, 0.15) is 47.5 Å². The average Bonchev–Trinajstić information content (AvgIpc) is 2.62. The summed E-state index contributed by atoms with van der Waals surface area (Å²) in [6.45, 7) is 11.1. The molecular weight excluding hydrogens is 366 g/mol. The van der Waals surface area contributed by atoms with Crippen LogP contribution in [0.25, 0.3) is 0 Å². The number of rotatable bonds is 11. The molecule has 0 aromatic carbocycles. The highest BCUT2D eigenvalue weighted by molar-refractivity contribution is 5.89. The summed E-state index contributed by atoms with van der Waals surface area (Å²) in [5, 5.41) is 10.3. The largest absolute Gasteiger partial charge is 0.356 e. The van der Waals surface area contributed by atoms with Gasteiger partial charge in [-0.1, -0.05) is 6.92 Å². The molecule has 28 heavy (non-hydrogen) atoms. The first-order valence-electron chi connectivity index (χ1n) is 9.42. The molecule has 2 unspecified atom stereocenters. The van der Waals surface area contributed by atoms with Crippen molar-refractivity contribution >= 4 is 29.7 Å². The Kier molecular flexibility index (Phi) is 17.3. The van der Waals surface area contributed by atoms with Gasteiger partial charge in [0.25, 0.3) is 0 Å². The van der Waals surface area contributed by atoms with E-state index in [-0.39, 0.29) is 36.5 Å². The van der Waals surface area contributed by atoms with Gasteiger partial charge in [-0.05, 0) is 27.7 Å². The monoisotopic (exact) mass is 399 g/mol. The standard InChI is InChI=1S/C9H15N3O3.C9H18N2O2/c1-3-10-8(14)5-7(12-6-13)9(15)11-4-2;1-4-10-8(12)6-7(3)9(13)11-5-2/h7H,3-5H2,1-2H3,(H,10,14)(H,11,15);7H,4-6H2,1-3H3,(H,10,12)(H,11,13). The molecule has 0 aromatic heterocycles. The van der Waals surface area contributed by atoms with Crippen molar-refractivity contribution < 1.29 is 24.0 Å². The maximum atomic E-state index is 11.3. The summed E-state index contributed by atoms with van der Waals surface area (Å²) in [6, 6.07) is -0.978. The van der Waals surface area contributed by atoms with Crippen molar-refractivity contribution in [2.75, 3.05) is 26.2 Å². The molecule has 4 amide bonds. The first kappa shape index (κ1) is 27.5. The van der Waals surface area contributed by atoms with Gasteiger partial charge in [-0.2, -0.15) is 4.99 Å². The zero-order valence-corrected chi connectivity index (χ0v) is 17.4. The predicted molar refractivity (Wildman–Crippen MR) is 105 cm³/mol. The molecule has 0 saturated heterocycles. The van der Waals surface area contributed by atoms with Gasteiger partial charge in [-0.15, -0.1) is 0 Å². The zero-order chi connectivity index (χ0) is 21.9. The van der Waals surface area contributed by atoms with Crippen LogP contribution in [-0.2, 0) is 24.0 Å². The topological polar surface area (TPSA) is 146 Å². The van der Waals surface area contributed by atoms with Crippen molar-refractivity contribution in [1.29, 1.82) is 0 Å². The minimum atomic E-state index is -0.978. The second-order valence-corrected chi connectivity index (χ2v) is 5.74. The van der Waals surface area contributed by atoms with E-state index in [1.165, 1.54) is 6.08 Å². The second kappa shape index (κ2) is 17.7. The minimum absolute atomic E-state index is 0.0613. The summed E-state index contributed by atoms with van der Waals surface area (Å²) in [6.07, 6.45) is 1.42. The number of nitrogens with zero attached hydrogens (tertiary/aromatic N) is 1. The number of hydrogen-bond acceptors (Lipinski definition) is 6. The normalized spacial score (nSPS) is 11.5. The Morgan fingerprint density at radius 2 is 1.18 bits per heavy atom. The quantitative estimate of drug-likeness (QED) is 0.277. The number of amides is 4. The van der Waals surface area contributed by atoms with Crippen LogP contribution in [0, 0.1) is 5.92 Å². The van der Waals surface area contributed by atoms with Gasteiger partial charge in [0.15, 0.2) is 0 Å². The van der Waals surface area contributed by atoms with E-state index < -0.39 is 11.9 Å². The van der Waals surface area contributed by atoms with E-state index in [2.05, 4.69) is 26.3 Å². The molecule has 0 saturated carbocycles. The third-order valence-corrected chi connectivity index (χ3v) is 3.28. The van der Waals surface area contributed by atoms with Crippen molar-refractivity contribution in [3.05, 3.63) is 0 Å². The van der Waals surface area contributed by atoms with E-state index in [9.17, 15) is 24.0 Å². The molecule has 160 valence electrons. The van der Waals surface area contributed by atoms with Crippen LogP contribution in [-0.4, -0.2) is 61.9 Å². The van der Waals surface area contributed by atoms with Gasteiger partial charge in [-0.25, -0.2) is 4.79 Å². The molecule has 0 spiro atoms. The molecule has 0 aromatic rings. The van der Waals surface area contributed by atoms with E-state index >= 15 is 0 Å². The third-order valence-electron chi connectivity index (χ3n) is 3.28. The Balaban J connectivity index is 0. The number of carbonyl (C=O) groups is 4. The highest BCUT2D eigenvalue weighted by Crippen LogP contribution is 2.01. The van der Waals surface area contributed by atoms with E-state index in [1.54, 1.807) is 20.8 Å². The number of likely N-dealkylation sites (N-methyl/N-ethyl adjacent to an activating group) is 1. The lowest BCUT2D eigenvalue weighted by Crippen LogP contribution is -2.37. The molecule has 0 aliphatic heterocycles. The van der Waals surface area contributed by atoms with Gasteiger partial charge in [0, 0.05) is 38.5 Å². The lowest BCUT2D eigenvalue weighted by Gasteiger charge is -2.10. The SMILES string of the molecule is CCNC(=O)CC(C)C(=O)NCC.CCNC(=O)CC(N=C=O)C(=O)NCC. The first-order chi connectivity index (χ1) is 13.3. The Labute approximate surface area is 166 Å². The molecule has 0 heterocycles. The predicted octanol–water partition coefficient (Wildman–Crippen LogP) is -0.362. The van der Waals surface area contributed by atoms with Gasteiger partial charge in [0.1, 0.15) is 6.04 Å². The van der Waals surface area contributed by atoms with Crippen LogP contribution >= 0.6 is 0 Å². The zero-order valence-electron chi connectivity index (χ0n) is 17.4. The third kappa shape index (κ3) is 14.4. The number of hydrogen-bond donors (Lipinski definition) is 4. The van der Waals surface area contributed by atoms with Crippen molar-refractivity contribution in [2.24, 2.45) is 10.9 Å². The maximum absolute atomic E-state index is 11.3. The minimum Gasteiger partial charge on any atom is -0.356 e. The first-order valence-corrected chi connectivity index (χ1v) is 9.42. The van der Waals surface area contributed by atoms with E-state index in [0.717, 1.165) is 0 Å².